The predicted molar refractivity (Wildman–Crippen MR) is 90.3 cm³/mol. The van der Waals surface area contributed by atoms with E-state index in [9.17, 15) is 13.2 Å². The molecule has 1 heterocycles. The van der Waals surface area contributed by atoms with Crippen molar-refractivity contribution in [1.29, 1.82) is 0 Å². The highest BCUT2D eigenvalue weighted by atomic mass is 32.2. The van der Waals surface area contributed by atoms with E-state index in [0.717, 1.165) is 0 Å². The summed E-state index contributed by atoms with van der Waals surface area (Å²) in [4.78, 5) is 16.2. The van der Waals surface area contributed by atoms with Gasteiger partial charge in [-0.05, 0) is 37.3 Å². The summed E-state index contributed by atoms with van der Waals surface area (Å²) in [5.74, 6) is 0.196. The van der Waals surface area contributed by atoms with Crippen molar-refractivity contribution < 1.29 is 17.9 Å². The van der Waals surface area contributed by atoms with Crippen LogP contribution in [0.3, 0.4) is 0 Å². The van der Waals surface area contributed by atoms with Crippen molar-refractivity contribution in [2.24, 2.45) is 5.14 Å². The van der Waals surface area contributed by atoms with E-state index in [1.807, 2.05) is 0 Å². The van der Waals surface area contributed by atoms with Crippen molar-refractivity contribution in [3.63, 3.8) is 0 Å². The van der Waals surface area contributed by atoms with Gasteiger partial charge in [0, 0.05) is 11.8 Å². The van der Waals surface area contributed by atoms with Gasteiger partial charge >= 0.3 is 0 Å². The number of nitrogens with two attached hydrogens (primary N) is 1. The molecule has 9 heteroatoms. The first kappa shape index (κ1) is 17.7. The van der Waals surface area contributed by atoms with Crippen molar-refractivity contribution in [1.82, 2.24) is 4.98 Å². The molecule has 0 bridgehead atoms. The topological polar surface area (TPSA) is 123 Å². The smallest absolute Gasteiger partial charge is 0.246 e. The lowest BCUT2D eigenvalue weighted by molar-refractivity contribution is -0.116. The van der Waals surface area contributed by atoms with Crippen LogP contribution in [0, 0.1) is 0 Å². The molecule has 0 aliphatic carbocycles. The third kappa shape index (κ3) is 4.67. The maximum atomic E-state index is 12.2. The van der Waals surface area contributed by atoms with Gasteiger partial charge in [-0.25, -0.2) is 18.5 Å². The van der Waals surface area contributed by atoms with Crippen molar-refractivity contribution in [2.45, 2.75) is 17.9 Å². The van der Waals surface area contributed by atoms with Gasteiger partial charge in [-0.3, -0.25) is 4.79 Å². The van der Waals surface area contributed by atoms with Gasteiger partial charge < -0.3 is 15.4 Å². The molecule has 0 aliphatic heterocycles. The third-order valence-electron chi connectivity index (χ3n) is 3.17. The minimum absolute atomic E-state index is 0.0176. The summed E-state index contributed by atoms with van der Waals surface area (Å²) in [5.41, 5.74) is 1.14. The van der Waals surface area contributed by atoms with Crippen LogP contribution in [-0.4, -0.2) is 32.5 Å². The molecule has 1 amide bonds. The second-order valence-electron chi connectivity index (χ2n) is 5.01. The Morgan fingerprint density at radius 3 is 2.29 bits per heavy atom. The Balaban J connectivity index is 1.98. The van der Waals surface area contributed by atoms with Crippen LogP contribution in [-0.2, 0) is 14.8 Å². The van der Waals surface area contributed by atoms with Crippen LogP contribution in [0.1, 0.15) is 6.92 Å². The van der Waals surface area contributed by atoms with Crippen molar-refractivity contribution in [3.05, 3.63) is 42.6 Å². The molecule has 0 radical (unpaired) electrons. The highest BCUT2D eigenvalue weighted by Gasteiger charge is 2.14. The quantitative estimate of drug-likeness (QED) is 0.719. The molecule has 24 heavy (non-hydrogen) atoms. The lowest BCUT2D eigenvalue weighted by Gasteiger charge is -2.15. The highest BCUT2D eigenvalue weighted by Crippen LogP contribution is 2.15. The molecule has 0 fully saturated rings. The number of sulfonamides is 1. The van der Waals surface area contributed by atoms with Crippen LogP contribution in [0.25, 0.3) is 0 Å². The molecule has 1 unspecified atom stereocenters. The lowest BCUT2D eigenvalue weighted by Crippen LogP contribution is -2.31. The predicted octanol–water partition coefficient (Wildman–Crippen LogP) is 1.18. The molecule has 1 atom stereocenters. The fourth-order valence-corrected chi connectivity index (χ4v) is 2.40. The first-order chi connectivity index (χ1) is 11.3. The average Bonchev–Trinajstić information content (AvgIpc) is 2.55. The maximum absolute atomic E-state index is 12.2. The van der Waals surface area contributed by atoms with Gasteiger partial charge in [0.15, 0.2) is 0 Å². The zero-order valence-electron chi connectivity index (χ0n) is 13.2. The van der Waals surface area contributed by atoms with E-state index in [4.69, 9.17) is 9.88 Å². The van der Waals surface area contributed by atoms with Crippen LogP contribution in [0.2, 0.25) is 0 Å². The number of nitrogens with zero attached hydrogens (tertiary/aromatic N) is 1. The minimum atomic E-state index is -3.75. The van der Waals surface area contributed by atoms with Crippen LogP contribution in [0.4, 0.5) is 11.4 Å². The number of methoxy groups -OCH3 is 1. The van der Waals surface area contributed by atoms with Crippen LogP contribution in [0.5, 0.6) is 5.88 Å². The van der Waals surface area contributed by atoms with Gasteiger partial charge in [-0.2, -0.15) is 0 Å². The Hall–Kier alpha value is -2.65. The zero-order valence-corrected chi connectivity index (χ0v) is 14.0. The number of rotatable bonds is 6. The number of aromatic nitrogens is 1. The second-order valence-corrected chi connectivity index (χ2v) is 6.58. The minimum Gasteiger partial charge on any atom is -0.481 e. The summed E-state index contributed by atoms with van der Waals surface area (Å²) in [7, 11) is -2.23. The summed E-state index contributed by atoms with van der Waals surface area (Å²) in [6, 6.07) is 8.50. The monoisotopic (exact) mass is 350 g/mol. The summed E-state index contributed by atoms with van der Waals surface area (Å²) in [6.07, 6.45) is 1.56. The number of hydrogen-bond acceptors (Lipinski definition) is 6. The molecule has 0 spiro atoms. The summed E-state index contributed by atoms with van der Waals surface area (Å²) in [5, 5.41) is 10.7. The first-order valence-electron chi connectivity index (χ1n) is 7.00. The van der Waals surface area contributed by atoms with Gasteiger partial charge in [0.2, 0.25) is 21.8 Å². The molecule has 0 aliphatic rings. The first-order valence-corrected chi connectivity index (χ1v) is 8.54. The van der Waals surface area contributed by atoms with Crippen LogP contribution < -0.4 is 20.5 Å². The van der Waals surface area contributed by atoms with Gasteiger partial charge in [0.1, 0.15) is 6.04 Å². The molecule has 8 nitrogen and oxygen atoms in total. The van der Waals surface area contributed by atoms with E-state index < -0.39 is 16.1 Å². The normalized spacial score (nSPS) is 12.3. The van der Waals surface area contributed by atoms with Crippen molar-refractivity contribution >= 4 is 27.3 Å². The number of nitrogens with one attached hydrogen (secondary N) is 2. The molecule has 1 aromatic carbocycles. The molecule has 4 N–H and O–H groups in total. The number of amides is 1. The van der Waals surface area contributed by atoms with E-state index in [1.54, 1.807) is 25.3 Å². The number of primary sulfonamides is 1. The summed E-state index contributed by atoms with van der Waals surface area (Å²) >= 11 is 0. The van der Waals surface area contributed by atoms with Gasteiger partial charge in [0.05, 0.1) is 23.9 Å². The van der Waals surface area contributed by atoms with E-state index in [1.165, 1.54) is 31.4 Å². The second kappa shape index (κ2) is 7.28. The lowest BCUT2D eigenvalue weighted by atomic mass is 10.2. The third-order valence-corrected chi connectivity index (χ3v) is 4.10. The van der Waals surface area contributed by atoms with E-state index in [-0.39, 0.29) is 10.8 Å². The molecule has 0 saturated carbocycles. The zero-order chi connectivity index (χ0) is 17.7. The molecule has 0 saturated heterocycles. The summed E-state index contributed by atoms with van der Waals surface area (Å²) < 4.78 is 27.3. The molecule has 2 aromatic rings. The number of anilines is 2. The fourth-order valence-electron chi connectivity index (χ4n) is 1.88. The summed E-state index contributed by atoms with van der Waals surface area (Å²) in [6.45, 7) is 1.69. The van der Waals surface area contributed by atoms with Gasteiger partial charge in [-0.1, -0.05) is 0 Å². The largest absolute Gasteiger partial charge is 0.481 e. The molecule has 128 valence electrons. The Morgan fingerprint density at radius 2 is 1.79 bits per heavy atom. The number of hydrogen-bond donors (Lipinski definition) is 3. The number of carbonyl (C=O) groups excluding carboxylic acids is 1. The van der Waals surface area contributed by atoms with Crippen molar-refractivity contribution in [2.75, 3.05) is 17.7 Å². The number of ether oxygens (including phenoxy) is 1. The maximum Gasteiger partial charge on any atom is 0.246 e. The SMILES string of the molecule is COc1ccc(NC(C)C(=O)Nc2ccc(S(N)(=O)=O)cc2)cn1. The van der Waals surface area contributed by atoms with E-state index in [0.29, 0.717) is 17.3 Å². The van der Waals surface area contributed by atoms with E-state index in [2.05, 4.69) is 15.6 Å². The van der Waals surface area contributed by atoms with Crippen LogP contribution in [0.15, 0.2) is 47.5 Å². The van der Waals surface area contributed by atoms with Crippen LogP contribution >= 0.6 is 0 Å². The Morgan fingerprint density at radius 1 is 1.17 bits per heavy atom. The standard InChI is InChI=1S/C15H18N4O4S/c1-10(18-12-5-8-14(23-2)17-9-12)15(20)19-11-3-6-13(7-4-11)24(16,21)22/h3-10,18H,1-2H3,(H,19,20)(H2,16,21,22). The average molecular weight is 350 g/mol. The molecular formula is C15H18N4O4S. The van der Waals surface area contributed by atoms with E-state index >= 15 is 0 Å². The fraction of sp³-hybridized carbons (Fsp3) is 0.200. The molecular weight excluding hydrogens is 332 g/mol. The number of pyridine rings is 1. The number of carbonyl (C=O) groups is 1. The Labute approximate surface area is 140 Å². The number of benzene rings is 1. The Kier molecular flexibility index (Phi) is 5.37. The molecule has 1 aromatic heterocycles. The molecule has 2 rings (SSSR count). The highest BCUT2D eigenvalue weighted by molar-refractivity contribution is 7.89. The van der Waals surface area contributed by atoms with Crippen molar-refractivity contribution in [3.8, 4) is 5.88 Å². The van der Waals surface area contributed by atoms with Gasteiger partial charge in [0.25, 0.3) is 0 Å². The Bertz CT molecular complexity index is 804. The van der Waals surface area contributed by atoms with Gasteiger partial charge in [-0.15, -0.1) is 0 Å².